The minimum Gasteiger partial charge on any atom is -0.383 e. The first kappa shape index (κ1) is 21.9. The van der Waals surface area contributed by atoms with Gasteiger partial charge in [-0.3, -0.25) is 4.79 Å². The number of carbonyl (C=O) groups is 1. The molecule has 4 rings (SSSR count). The van der Waals surface area contributed by atoms with Crippen LogP contribution in [-0.4, -0.2) is 44.1 Å². The van der Waals surface area contributed by atoms with Crippen molar-refractivity contribution in [3.05, 3.63) is 60.3 Å². The molecule has 2 heterocycles. The van der Waals surface area contributed by atoms with E-state index in [0.717, 1.165) is 11.1 Å². The summed E-state index contributed by atoms with van der Waals surface area (Å²) in [4.78, 5) is 21.2. The normalized spacial score (nSPS) is 14.0. The van der Waals surface area contributed by atoms with Crippen molar-refractivity contribution in [1.82, 2.24) is 14.7 Å². The van der Waals surface area contributed by atoms with Crippen molar-refractivity contribution in [2.45, 2.75) is 24.3 Å². The molecule has 1 amide bonds. The second-order valence-electron chi connectivity index (χ2n) is 7.47. The Hall–Kier alpha value is -3.34. The van der Waals surface area contributed by atoms with Crippen LogP contribution >= 0.6 is 0 Å². The van der Waals surface area contributed by atoms with Crippen molar-refractivity contribution < 1.29 is 17.9 Å². The van der Waals surface area contributed by atoms with Crippen LogP contribution < -0.4 is 15.4 Å². The van der Waals surface area contributed by atoms with Gasteiger partial charge in [0.15, 0.2) is 0 Å². The fourth-order valence-electron chi connectivity index (χ4n) is 3.46. The van der Waals surface area contributed by atoms with Crippen molar-refractivity contribution in [2.75, 3.05) is 24.4 Å². The highest BCUT2D eigenvalue weighted by atomic mass is 32.2. The van der Waals surface area contributed by atoms with Crippen LogP contribution in [0.4, 0.5) is 17.3 Å². The summed E-state index contributed by atoms with van der Waals surface area (Å²) in [6, 6.07) is 13.4. The Morgan fingerprint density at radius 1 is 1.16 bits per heavy atom. The maximum absolute atomic E-state index is 12.5. The average Bonchev–Trinajstić information content (AvgIpc) is 2.89. The molecular formula is C22H23N5O4S. The summed E-state index contributed by atoms with van der Waals surface area (Å²) >= 11 is 0. The van der Waals surface area contributed by atoms with Gasteiger partial charge in [0.1, 0.15) is 0 Å². The van der Waals surface area contributed by atoms with E-state index >= 15 is 0 Å². The van der Waals surface area contributed by atoms with Crippen LogP contribution in [0.5, 0.6) is 0 Å². The summed E-state index contributed by atoms with van der Waals surface area (Å²) in [7, 11) is -2.14. The largest absolute Gasteiger partial charge is 0.383 e. The Morgan fingerprint density at radius 2 is 1.91 bits per heavy atom. The van der Waals surface area contributed by atoms with E-state index in [1.54, 1.807) is 25.3 Å². The van der Waals surface area contributed by atoms with Crippen molar-refractivity contribution >= 4 is 33.3 Å². The summed E-state index contributed by atoms with van der Waals surface area (Å²) in [5.41, 5.74) is 3.55. The first-order chi connectivity index (χ1) is 15.4. The minimum atomic E-state index is -3.65. The molecule has 2 aromatic carbocycles. The zero-order valence-electron chi connectivity index (χ0n) is 17.6. The minimum absolute atomic E-state index is 0.120. The summed E-state index contributed by atoms with van der Waals surface area (Å²) < 4.78 is 32.5. The molecule has 1 aliphatic rings. The summed E-state index contributed by atoms with van der Waals surface area (Å²) in [5.74, 6) is 0.223. The van der Waals surface area contributed by atoms with Crippen LogP contribution in [0.3, 0.4) is 0 Å². The van der Waals surface area contributed by atoms with Gasteiger partial charge in [-0.1, -0.05) is 18.2 Å². The number of aromatic nitrogens is 2. The highest BCUT2D eigenvalue weighted by Crippen LogP contribution is 2.32. The third kappa shape index (κ3) is 4.77. The number of nitrogens with zero attached hydrogens (tertiary/aromatic N) is 2. The van der Waals surface area contributed by atoms with E-state index in [1.807, 2.05) is 24.3 Å². The quantitative estimate of drug-likeness (QED) is 0.503. The van der Waals surface area contributed by atoms with Crippen LogP contribution in [0.15, 0.2) is 59.6 Å². The van der Waals surface area contributed by atoms with Gasteiger partial charge in [0.2, 0.25) is 21.9 Å². The monoisotopic (exact) mass is 453 g/mol. The van der Waals surface area contributed by atoms with Crippen molar-refractivity contribution in [3.8, 4) is 11.3 Å². The molecule has 3 N–H and O–H groups in total. The smallest absolute Gasteiger partial charge is 0.240 e. The second-order valence-corrected chi connectivity index (χ2v) is 9.18. The fourth-order valence-corrected chi connectivity index (χ4v) is 4.69. The number of nitrogens with one attached hydrogen (secondary N) is 3. The van der Waals surface area contributed by atoms with Gasteiger partial charge >= 0.3 is 0 Å². The van der Waals surface area contributed by atoms with Crippen molar-refractivity contribution in [1.29, 1.82) is 0 Å². The number of hydrogen-bond acceptors (Lipinski definition) is 7. The maximum atomic E-state index is 12.5. The lowest BCUT2D eigenvalue weighted by atomic mass is 10.1. The van der Waals surface area contributed by atoms with Gasteiger partial charge in [0.25, 0.3) is 0 Å². The molecular weight excluding hydrogens is 430 g/mol. The molecule has 3 aromatic rings. The summed E-state index contributed by atoms with van der Waals surface area (Å²) in [6.45, 7) is 2.01. The Balaban J connectivity index is 1.56. The molecule has 1 aromatic heterocycles. The van der Waals surface area contributed by atoms with Gasteiger partial charge in [-0.15, -0.1) is 0 Å². The van der Waals surface area contributed by atoms with Gasteiger partial charge in [0.05, 0.1) is 29.3 Å². The van der Waals surface area contributed by atoms with E-state index in [-0.39, 0.29) is 29.9 Å². The number of ether oxygens (including phenoxy) is 1. The van der Waals surface area contributed by atoms with Gasteiger partial charge < -0.3 is 15.4 Å². The Bertz CT molecular complexity index is 1250. The third-order valence-corrected chi connectivity index (χ3v) is 6.47. The van der Waals surface area contributed by atoms with Crippen molar-refractivity contribution in [3.63, 3.8) is 0 Å². The topological polar surface area (TPSA) is 122 Å². The first-order valence-electron chi connectivity index (χ1n) is 9.99. The van der Waals surface area contributed by atoms with E-state index in [4.69, 9.17) is 4.74 Å². The number of anilines is 3. The number of fused-ring (bicyclic) bond motifs is 3. The zero-order chi connectivity index (χ0) is 22.7. The van der Waals surface area contributed by atoms with Crippen LogP contribution in [0.25, 0.3) is 11.3 Å². The summed E-state index contributed by atoms with van der Waals surface area (Å²) in [5, 5.41) is 5.98. The lowest BCUT2D eigenvalue weighted by Gasteiger charge is -2.14. The Labute approximate surface area is 186 Å². The molecule has 166 valence electrons. The number of rotatable bonds is 7. The summed E-state index contributed by atoms with van der Waals surface area (Å²) in [6.07, 6.45) is 1.82. The van der Waals surface area contributed by atoms with Gasteiger partial charge in [-0.25, -0.2) is 23.1 Å². The molecule has 1 atom stereocenters. The van der Waals surface area contributed by atoms with E-state index in [1.165, 1.54) is 19.2 Å². The molecule has 10 heteroatoms. The molecule has 0 aliphatic carbocycles. The number of methoxy groups -OCH3 is 1. The van der Waals surface area contributed by atoms with Crippen LogP contribution in [0, 0.1) is 0 Å². The Kier molecular flexibility index (Phi) is 6.17. The van der Waals surface area contributed by atoms with E-state index in [0.29, 0.717) is 23.0 Å². The van der Waals surface area contributed by atoms with Crippen LogP contribution in [0.1, 0.15) is 12.5 Å². The van der Waals surface area contributed by atoms with Crippen LogP contribution in [-0.2, 0) is 26.0 Å². The number of sulfonamides is 1. The standard InChI is InChI=1S/C22H23N5O4S/c1-14(13-31-2)27-32(29,30)17-9-7-16(8-10-17)24-22-23-12-15-11-20(28)25-19-6-4-3-5-18(19)21(15)26-22/h3-10,12,14,27H,11,13H2,1-2H3,(H,25,28)(H,23,24,26). The molecule has 1 unspecified atom stereocenters. The average molecular weight is 454 g/mol. The van der Waals surface area contributed by atoms with Gasteiger partial charge in [-0.05, 0) is 37.3 Å². The molecule has 0 bridgehead atoms. The predicted molar refractivity (Wildman–Crippen MR) is 121 cm³/mol. The molecule has 0 radical (unpaired) electrons. The predicted octanol–water partition coefficient (Wildman–Crippen LogP) is 2.70. The molecule has 9 nitrogen and oxygen atoms in total. The van der Waals surface area contributed by atoms with E-state index < -0.39 is 10.0 Å². The fraction of sp³-hybridized carbons (Fsp3) is 0.227. The number of carbonyl (C=O) groups excluding carboxylic acids is 1. The van der Waals surface area contributed by atoms with Crippen molar-refractivity contribution in [2.24, 2.45) is 0 Å². The number of benzene rings is 2. The van der Waals surface area contributed by atoms with Gasteiger partial charge in [0, 0.05) is 36.2 Å². The maximum Gasteiger partial charge on any atom is 0.240 e. The molecule has 0 spiro atoms. The molecule has 0 saturated heterocycles. The SMILES string of the molecule is COCC(C)NS(=O)(=O)c1ccc(Nc2ncc3c(n2)-c2ccccc2NC(=O)C3)cc1. The highest BCUT2D eigenvalue weighted by molar-refractivity contribution is 7.89. The number of amides is 1. The second kappa shape index (κ2) is 9.03. The van der Waals surface area contributed by atoms with Gasteiger partial charge in [-0.2, -0.15) is 0 Å². The molecule has 0 saturated carbocycles. The zero-order valence-corrected chi connectivity index (χ0v) is 18.4. The third-order valence-electron chi connectivity index (χ3n) is 4.87. The lowest BCUT2D eigenvalue weighted by Crippen LogP contribution is -2.35. The van der Waals surface area contributed by atoms with E-state index in [9.17, 15) is 13.2 Å². The Morgan fingerprint density at radius 3 is 2.66 bits per heavy atom. The first-order valence-corrected chi connectivity index (χ1v) is 11.5. The number of hydrogen-bond donors (Lipinski definition) is 3. The van der Waals surface area contributed by atoms with Crippen LogP contribution in [0.2, 0.25) is 0 Å². The lowest BCUT2D eigenvalue weighted by molar-refractivity contribution is -0.115. The molecule has 32 heavy (non-hydrogen) atoms. The molecule has 1 aliphatic heterocycles. The molecule has 0 fully saturated rings. The highest BCUT2D eigenvalue weighted by Gasteiger charge is 2.21. The van der Waals surface area contributed by atoms with E-state index in [2.05, 4.69) is 25.3 Å². The number of para-hydroxylation sites is 1.